The highest BCUT2D eigenvalue weighted by Crippen LogP contribution is 2.22. The summed E-state index contributed by atoms with van der Waals surface area (Å²) in [5, 5.41) is 11.6. The van der Waals surface area contributed by atoms with Gasteiger partial charge in [-0.15, -0.1) is 21.5 Å². The lowest BCUT2D eigenvalue weighted by molar-refractivity contribution is -0.126. The number of nitrogens with one attached hydrogen (secondary N) is 1. The van der Waals surface area contributed by atoms with Gasteiger partial charge in [-0.05, 0) is 55.0 Å². The summed E-state index contributed by atoms with van der Waals surface area (Å²) in [5.74, 6) is 0.657. The number of nitrogens with zero attached hydrogens (tertiary/aromatic N) is 4. The Kier molecular flexibility index (Phi) is 5.57. The zero-order valence-electron chi connectivity index (χ0n) is 15.4. The molecular weight excluding hydrogens is 374 g/mol. The Labute approximate surface area is 167 Å². The van der Waals surface area contributed by atoms with Crippen molar-refractivity contribution in [3.05, 3.63) is 45.6 Å². The van der Waals surface area contributed by atoms with E-state index in [0.29, 0.717) is 25.3 Å². The molecule has 1 saturated heterocycles. The fourth-order valence-electron chi connectivity index (χ4n) is 3.41. The van der Waals surface area contributed by atoms with Gasteiger partial charge in [0.15, 0.2) is 0 Å². The number of aryl methyl sites for hydroxylation is 1. The Hall–Kier alpha value is -2.87. The first-order valence-corrected chi connectivity index (χ1v) is 10.3. The van der Waals surface area contributed by atoms with Crippen LogP contribution in [0.2, 0.25) is 0 Å². The van der Waals surface area contributed by atoms with E-state index in [0.717, 1.165) is 41.8 Å². The number of amides is 2. The summed E-state index contributed by atoms with van der Waals surface area (Å²) in [7, 11) is 0. The van der Waals surface area contributed by atoms with Gasteiger partial charge in [0.1, 0.15) is 16.3 Å². The molecule has 144 valence electrons. The molecule has 2 aliphatic heterocycles. The molecular formula is C20H21N5O2S. The Balaban J connectivity index is 1.36. The Morgan fingerprint density at radius 2 is 2.07 bits per heavy atom. The van der Waals surface area contributed by atoms with Gasteiger partial charge in [-0.2, -0.15) is 0 Å². The summed E-state index contributed by atoms with van der Waals surface area (Å²) in [6.07, 6.45) is 11.0. The van der Waals surface area contributed by atoms with Gasteiger partial charge in [0, 0.05) is 31.8 Å². The molecule has 28 heavy (non-hydrogen) atoms. The highest BCUT2D eigenvalue weighted by atomic mass is 32.1. The minimum absolute atomic E-state index is 0.00867. The van der Waals surface area contributed by atoms with Crippen molar-refractivity contribution in [3.63, 3.8) is 0 Å². The van der Waals surface area contributed by atoms with Gasteiger partial charge in [-0.3, -0.25) is 9.59 Å². The lowest BCUT2D eigenvalue weighted by Gasteiger charge is -2.27. The van der Waals surface area contributed by atoms with Crippen molar-refractivity contribution in [2.45, 2.75) is 32.1 Å². The summed E-state index contributed by atoms with van der Waals surface area (Å²) < 4.78 is 0. The number of fused-ring (bicyclic) bond motifs is 1. The summed E-state index contributed by atoms with van der Waals surface area (Å²) >= 11 is 1.52. The highest BCUT2D eigenvalue weighted by Gasteiger charge is 2.18. The van der Waals surface area contributed by atoms with E-state index in [4.69, 9.17) is 0 Å². The molecule has 4 heterocycles. The number of hydrogen-bond donors (Lipinski definition) is 1. The number of rotatable bonds is 3. The summed E-state index contributed by atoms with van der Waals surface area (Å²) in [4.78, 5) is 30.3. The van der Waals surface area contributed by atoms with Crippen LogP contribution in [0.15, 0.2) is 29.4 Å². The molecule has 1 fully saturated rings. The van der Waals surface area contributed by atoms with E-state index in [1.165, 1.54) is 16.9 Å². The molecule has 2 aromatic heterocycles. The molecule has 2 aliphatic rings. The molecule has 0 bridgehead atoms. The quantitative estimate of drug-likeness (QED) is 0.808. The minimum atomic E-state index is 0.00867. The molecule has 4 rings (SSSR count). The van der Waals surface area contributed by atoms with E-state index in [2.05, 4.69) is 26.6 Å². The molecule has 2 aromatic rings. The summed E-state index contributed by atoms with van der Waals surface area (Å²) in [6, 6.07) is 2.00. The molecule has 0 radical (unpaired) electrons. The van der Waals surface area contributed by atoms with E-state index >= 15 is 0 Å². The maximum Gasteiger partial charge on any atom is 0.246 e. The van der Waals surface area contributed by atoms with Gasteiger partial charge in [-0.25, -0.2) is 4.98 Å². The normalized spacial score (nSPS) is 17.2. The van der Waals surface area contributed by atoms with Crippen LogP contribution in [-0.4, -0.2) is 45.0 Å². The van der Waals surface area contributed by atoms with Crippen LogP contribution in [0.1, 0.15) is 41.8 Å². The van der Waals surface area contributed by atoms with Crippen molar-refractivity contribution in [2.75, 3.05) is 18.4 Å². The summed E-state index contributed by atoms with van der Waals surface area (Å²) in [6.45, 7) is 1.42. The predicted molar refractivity (Wildman–Crippen MR) is 109 cm³/mol. The molecule has 0 saturated carbocycles. The number of carbonyl (C=O) groups excluding carboxylic acids is 2. The van der Waals surface area contributed by atoms with Gasteiger partial charge < -0.3 is 10.2 Å². The standard InChI is InChI=1S/C20H21N5O2S/c26-17-3-1-2-16-10-15(12-21-20(16)23-17)4-5-19(27)25-8-6-14(7-9-25)11-18-24-22-13-28-18/h4-5,10-13H,1-3,6-9H2,(H,21,23,26)/b5-4+. The zero-order chi connectivity index (χ0) is 19.3. The smallest absolute Gasteiger partial charge is 0.246 e. The number of pyridine rings is 1. The van der Waals surface area contributed by atoms with Crippen molar-refractivity contribution in [3.8, 4) is 0 Å². The van der Waals surface area contributed by atoms with Crippen LogP contribution in [0.25, 0.3) is 12.2 Å². The SMILES string of the molecule is O=C1CCCc2cc(/C=C/C(=O)N3CCC(=Cc4nncs4)CC3)cnc2N1. The van der Waals surface area contributed by atoms with E-state index in [9.17, 15) is 9.59 Å². The molecule has 0 unspecified atom stereocenters. The largest absolute Gasteiger partial charge is 0.339 e. The Morgan fingerprint density at radius 1 is 1.21 bits per heavy atom. The van der Waals surface area contributed by atoms with Gasteiger partial charge in [0.25, 0.3) is 0 Å². The number of carbonyl (C=O) groups is 2. The van der Waals surface area contributed by atoms with Gasteiger partial charge in [0.05, 0.1) is 0 Å². The Bertz CT molecular complexity index is 926. The second-order valence-corrected chi connectivity index (χ2v) is 7.78. The first-order valence-electron chi connectivity index (χ1n) is 9.39. The van der Waals surface area contributed by atoms with E-state index in [-0.39, 0.29) is 11.8 Å². The number of aromatic nitrogens is 3. The predicted octanol–water partition coefficient (Wildman–Crippen LogP) is 2.93. The highest BCUT2D eigenvalue weighted by molar-refractivity contribution is 7.10. The van der Waals surface area contributed by atoms with Crippen molar-refractivity contribution in [2.24, 2.45) is 0 Å². The monoisotopic (exact) mass is 395 g/mol. The first-order chi connectivity index (χ1) is 13.7. The maximum atomic E-state index is 12.5. The van der Waals surface area contributed by atoms with Crippen LogP contribution in [-0.2, 0) is 16.0 Å². The molecule has 2 amide bonds. The van der Waals surface area contributed by atoms with Crippen molar-refractivity contribution in [1.82, 2.24) is 20.1 Å². The first kappa shape index (κ1) is 18.5. The lowest BCUT2D eigenvalue weighted by Crippen LogP contribution is -2.35. The van der Waals surface area contributed by atoms with E-state index in [1.54, 1.807) is 23.9 Å². The van der Waals surface area contributed by atoms with Crippen LogP contribution in [0, 0.1) is 0 Å². The Morgan fingerprint density at radius 3 is 2.86 bits per heavy atom. The number of piperidine rings is 1. The molecule has 0 atom stereocenters. The molecule has 8 heteroatoms. The molecule has 0 aliphatic carbocycles. The third kappa shape index (κ3) is 4.51. The van der Waals surface area contributed by atoms with Crippen LogP contribution in [0.3, 0.4) is 0 Å². The van der Waals surface area contributed by atoms with Gasteiger partial charge in [0.2, 0.25) is 11.8 Å². The van der Waals surface area contributed by atoms with Crippen molar-refractivity contribution < 1.29 is 9.59 Å². The molecule has 1 N–H and O–H groups in total. The van der Waals surface area contributed by atoms with Crippen LogP contribution in [0.4, 0.5) is 5.82 Å². The van der Waals surface area contributed by atoms with Crippen molar-refractivity contribution in [1.29, 1.82) is 0 Å². The lowest BCUT2D eigenvalue weighted by atomic mass is 10.0. The molecule has 0 spiro atoms. The summed E-state index contributed by atoms with van der Waals surface area (Å²) in [5.41, 5.74) is 4.92. The van der Waals surface area contributed by atoms with Crippen LogP contribution >= 0.6 is 11.3 Å². The maximum absolute atomic E-state index is 12.5. The van der Waals surface area contributed by atoms with Gasteiger partial charge >= 0.3 is 0 Å². The van der Waals surface area contributed by atoms with Crippen molar-refractivity contribution >= 4 is 41.1 Å². The minimum Gasteiger partial charge on any atom is -0.339 e. The zero-order valence-corrected chi connectivity index (χ0v) is 16.2. The molecule has 0 aromatic carbocycles. The van der Waals surface area contributed by atoms with E-state index in [1.807, 2.05) is 11.0 Å². The van der Waals surface area contributed by atoms with E-state index < -0.39 is 0 Å². The molecule has 7 nitrogen and oxygen atoms in total. The fourth-order valence-corrected chi connectivity index (χ4v) is 3.94. The number of likely N-dealkylation sites (tertiary alicyclic amines) is 1. The topological polar surface area (TPSA) is 88.1 Å². The third-order valence-electron chi connectivity index (χ3n) is 4.94. The number of hydrogen-bond acceptors (Lipinski definition) is 6. The third-order valence-corrected chi connectivity index (χ3v) is 5.58. The van der Waals surface area contributed by atoms with Gasteiger partial charge in [-0.1, -0.05) is 5.57 Å². The average molecular weight is 395 g/mol. The van der Waals surface area contributed by atoms with Crippen LogP contribution < -0.4 is 5.32 Å². The average Bonchev–Trinajstić information content (AvgIpc) is 3.14. The second kappa shape index (κ2) is 8.43. The fraction of sp³-hybridized carbons (Fsp3) is 0.350. The second-order valence-electron chi connectivity index (χ2n) is 6.92. The number of anilines is 1. The van der Waals surface area contributed by atoms with Crippen LogP contribution in [0.5, 0.6) is 0 Å².